The molecule has 0 saturated heterocycles. The van der Waals surface area contributed by atoms with E-state index in [0.29, 0.717) is 12.8 Å². The molecule has 6 heteroatoms. The van der Waals surface area contributed by atoms with Gasteiger partial charge in [0.2, 0.25) is 0 Å². The van der Waals surface area contributed by atoms with Crippen molar-refractivity contribution in [3.63, 3.8) is 0 Å². The van der Waals surface area contributed by atoms with Crippen molar-refractivity contribution in [1.29, 1.82) is 0 Å². The maximum Gasteiger partial charge on any atom is 0.391 e. The first-order valence-electron chi connectivity index (χ1n) is 5.87. The summed E-state index contributed by atoms with van der Waals surface area (Å²) in [6.45, 7) is 0. The molecule has 1 N–H and O–H groups in total. The molecule has 1 aromatic heterocycles. The Kier molecular flexibility index (Phi) is 4.39. The minimum atomic E-state index is -4.08. The highest BCUT2D eigenvalue weighted by molar-refractivity contribution is 9.10. The first kappa shape index (κ1) is 14.3. The van der Waals surface area contributed by atoms with Crippen LogP contribution in [0.1, 0.15) is 36.7 Å². The fourth-order valence-electron chi connectivity index (χ4n) is 2.49. The van der Waals surface area contributed by atoms with Crippen LogP contribution in [0.25, 0.3) is 0 Å². The van der Waals surface area contributed by atoms with Crippen LogP contribution in [0.5, 0.6) is 0 Å². The molecule has 1 fully saturated rings. The Balaban J connectivity index is 1.96. The minimum absolute atomic E-state index is 0.0569. The van der Waals surface area contributed by atoms with E-state index in [9.17, 15) is 18.3 Å². The second-order valence-electron chi connectivity index (χ2n) is 4.73. The second-order valence-corrected chi connectivity index (χ2v) is 6.53. The lowest BCUT2D eigenvalue weighted by atomic mass is 9.79. The van der Waals surface area contributed by atoms with Gasteiger partial charge in [-0.05, 0) is 59.0 Å². The van der Waals surface area contributed by atoms with Crippen molar-refractivity contribution in [2.24, 2.45) is 11.8 Å². The molecule has 1 unspecified atom stereocenters. The molecule has 1 heterocycles. The van der Waals surface area contributed by atoms with Crippen LogP contribution in [-0.2, 0) is 0 Å². The molecule has 0 bridgehead atoms. The highest BCUT2D eigenvalue weighted by atomic mass is 79.9. The maximum atomic E-state index is 12.5. The van der Waals surface area contributed by atoms with Gasteiger partial charge < -0.3 is 5.11 Å². The number of thiophene rings is 1. The van der Waals surface area contributed by atoms with Crippen molar-refractivity contribution in [2.75, 3.05) is 0 Å². The second kappa shape index (κ2) is 5.51. The number of hydrogen-bond donors (Lipinski definition) is 1. The summed E-state index contributed by atoms with van der Waals surface area (Å²) < 4.78 is 38.5. The van der Waals surface area contributed by atoms with Crippen molar-refractivity contribution in [2.45, 2.75) is 38.0 Å². The Morgan fingerprint density at radius 1 is 1.28 bits per heavy atom. The first-order chi connectivity index (χ1) is 8.39. The van der Waals surface area contributed by atoms with Gasteiger partial charge in [0.05, 0.1) is 12.0 Å². The summed E-state index contributed by atoms with van der Waals surface area (Å²) >= 11 is 4.79. The van der Waals surface area contributed by atoms with Gasteiger partial charge in [0.15, 0.2) is 0 Å². The predicted octanol–water partition coefficient (Wildman–Crippen LogP) is 4.91. The number of halogens is 4. The van der Waals surface area contributed by atoms with Crippen molar-refractivity contribution >= 4 is 27.3 Å². The molecular weight excluding hydrogens is 329 g/mol. The van der Waals surface area contributed by atoms with E-state index in [2.05, 4.69) is 15.9 Å². The largest absolute Gasteiger partial charge is 0.391 e. The van der Waals surface area contributed by atoms with Crippen LogP contribution in [-0.4, -0.2) is 11.3 Å². The lowest BCUT2D eigenvalue weighted by Crippen LogP contribution is -2.29. The molecule has 0 amide bonds. The van der Waals surface area contributed by atoms with Crippen molar-refractivity contribution in [3.8, 4) is 0 Å². The third kappa shape index (κ3) is 3.08. The van der Waals surface area contributed by atoms with Gasteiger partial charge in [-0.15, -0.1) is 11.3 Å². The third-order valence-corrected chi connectivity index (χ3v) is 5.54. The van der Waals surface area contributed by atoms with Gasteiger partial charge in [-0.1, -0.05) is 0 Å². The molecule has 18 heavy (non-hydrogen) atoms. The Labute approximate surface area is 116 Å². The lowest BCUT2D eigenvalue weighted by Gasteiger charge is -2.32. The summed E-state index contributed by atoms with van der Waals surface area (Å²) in [6, 6.07) is 1.85. The van der Waals surface area contributed by atoms with Crippen LogP contribution < -0.4 is 0 Å². The molecule has 1 atom stereocenters. The van der Waals surface area contributed by atoms with Crippen LogP contribution in [0.15, 0.2) is 15.9 Å². The Morgan fingerprint density at radius 3 is 2.33 bits per heavy atom. The van der Waals surface area contributed by atoms with Crippen LogP contribution in [0.3, 0.4) is 0 Å². The van der Waals surface area contributed by atoms with Gasteiger partial charge in [0.25, 0.3) is 0 Å². The average Bonchev–Trinajstić information content (AvgIpc) is 2.73. The van der Waals surface area contributed by atoms with Crippen LogP contribution >= 0.6 is 27.3 Å². The normalized spacial score (nSPS) is 27.2. The molecule has 1 aromatic rings. The summed E-state index contributed by atoms with van der Waals surface area (Å²) in [5.41, 5.74) is 0. The third-order valence-electron chi connectivity index (χ3n) is 3.59. The summed E-state index contributed by atoms with van der Waals surface area (Å²) in [4.78, 5) is 0.824. The van der Waals surface area contributed by atoms with Crippen molar-refractivity contribution < 1.29 is 18.3 Å². The number of aliphatic hydroxyl groups excluding tert-OH is 1. The van der Waals surface area contributed by atoms with Gasteiger partial charge in [-0.2, -0.15) is 13.2 Å². The van der Waals surface area contributed by atoms with E-state index in [0.717, 1.165) is 9.35 Å². The smallest absolute Gasteiger partial charge is 0.387 e. The van der Waals surface area contributed by atoms with Crippen molar-refractivity contribution in [1.82, 2.24) is 0 Å². The molecule has 102 valence electrons. The van der Waals surface area contributed by atoms with Gasteiger partial charge >= 0.3 is 6.18 Å². The summed E-state index contributed by atoms with van der Waals surface area (Å²) in [7, 11) is 0. The van der Waals surface area contributed by atoms with Crippen LogP contribution in [0, 0.1) is 11.8 Å². The van der Waals surface area contributed by atoms with Gasteiger partial charge in [0, 0.05) is 9.35 Å². The zero-order valence-corrected chi connectivity index (χ0v) is 12.0. The van der Waals surface area contributed by atoms with Gasteiger partial charge in [-0.3, -0.25) is 0 Å². The van der Waals surface area contributed by atoms with E-state index >= 15 is 0 Å². The highest BCUT2D eigenvalue weighted by Gasteiger charge is 2.42. The monoisotopic (exact) mass is 342 g/mol. The number of aliphatic hydroxyl groups is 1. The number of alkyl halides is 3. The molecule has 1 nitrogen and oxygen atoms in total. The fourth-order valence-corrected chi connectivity index (χ4v) is 4.18. The van der Waals surface area contributed by atoms with Crippen LogP contribution in [0.2, 0.25) is 0 Å². The molecule has 0 aromatic carbocycles. The van der Waals surface area contributed by atoms with Crippen LogP contribution in [0.4, 0.5) is 13.2 Å². The molecule has 0 radical (unpaired) electrons. The zero-order chi connectivity index (χ0) is 13.3. The highest BCUT2D eigenvalue weighted by Crippen LogP contribution is 2.44. The predicted molar refractivity (Wildman–Crippen MR) is 68.5 cm³/mol. The first-order valence-corrected chi connectivity index (χ1v) is 7.54. The fraction of sp³-hybridized carbons (Fsp3) is 0.667. The number of rotatable bonds is 2. The lowest BCUT2D eigenvalue weighted by molar-refractivity contribution is -0.185. The van der Waals surface area contributed by atoms with E-state index in [-0.39, 0.29) is 18.8 Å². The quantitative estimate of drug-likeness (QED) is 0.809. The molecular formula is C12H14BrF3OS. The standard InChI is InChI=1S/C12H14BrF3OS/c13-9-5-6-18-11(9)10(17)7-1-3-8(4-2-7)12(14,15)16/h5-8,10,17H,1-4H2. The summed E-state index contributed by atoms with van der Waals surface area (Å²) in [5, 5.41) is 12.1. The van der Waals surface area contributed by atoms with E-state index in [1.54, 1.807) is 0 Å². The molecule has 1 aliphatic rings. The van der Waals surface area contributed by atoms with Crippen molar-refractivity contribution in [3.05, 3.63) is 20.8 Å². The van der Waals surface area contributed by atoms with E-state index in [1.807, 2.05) is 11.4 Å². The molecule has 1 saturated carbocycles. The van der Waals surface area contributed by atoms with E-state index in [4.69, 9.17) is 0 Å². The van der Waals surface area contributed by atoms with E-state index in [1.165, 1.54) is 11.3 Å². The Bertz CT molecular complexity index is 396. The summed E-state index contributed by atoms with van der Waals surface area (Å²) in [5.74, 6) is -1.24. The SMILES string of the molecule is OC(c1sccc1Br)C1CCC(C(F)(F)F)CC1. The maximum absolute atomic E-state index is 12.5. The van der Waals surface area contributed by atoms with E-state index < -0.39 is 18.2 Å². The van der Waals surface area contributed by atoms with Gasteiger partial charge in [-0.25, -0.2) is 0 Å². The molecule has 0 spiro atoms. The Hall–Kier alpha value is -0.0700. The zero-order valence-electron chi connectivity index (χ0n) is 9.58. The topological polar surface area (TPSA) is 20.2 Å². The number of hydrogen-bond acceptors (Lipinski definition) is 2. The van der Waals surface area contributed by atoms with Gasteiger partial charge in [0.1, 0.15) is 0 Å². The molecule has 2 rings (SSSR count). The molecule has 1 aliphatic carbocycles. The Morgan fingerprint density at radius 2 is 1.89 bits per heavy atom. The summed E-state index contributed by atoms with van der Waals surface area (Å²) in [6.07, 6.45) is -3.58. The minimum Gasteiger partial charge on any atom is -0.387 e. The average molecular weight is 343 g/mol. The molecule has 0 aliphatic heterocycles.